The van der Waals surface area contributed by atoms with Crippen LogP contribution in [0.25, 0.3) is 0 Å². The van der Waals surface area contributed by atoms with Crippen molar-refractivity contribution in [2.75, 3.05) is 26.2 Å². The molecule has 1 rings (SSSR count). The van der Waals surface area contributed by atoms with E-state index in [1.165, 1.54) is 12.8 Å². The summed E-state index contributed by atoms with van der Waals surface area (Å²) in [6, 6.07) is 0. The first-order valence-electron chi connectivity index (χ1n) is 6.27. The lowest BCUT2D eigenvalue weighted by atomic mass is 9.95. The van der Waals surface area contributed by atoms with Crippen molar-refractivity contribution in [3.05, 3.63) is 0 Å². The van der Waals surface area contributed by atoms with Gasteiger partial charge in [-0.05, 0) is 43.3 Å². The molecular formula is C12H24N2OS. The summed E-state index contributed by atoms with van der Waals surface area (Å²) in [6.45, 7) is 7.67. The number of piperidine rings is 1. The summed E-state index contributed by atoms with van der Waals surface area (Å²) < 4.78 is 0. The summed E-state index contributed by atoms with van der Waals surface area (Å²) in [5, 5.41) is 13.1. The highest BCUT2D eigenvalue weighted by Crippen LogP contribution is 2.19. The maximum atomic E-state index is 8.95. The highest BCUT2D eigenvalue weighted by Gasteiger charge is 2.20. The van der Waals surface area contributed by atoms with E-state index < -0.39 is 0 Å². The van der Waals surface area contributed by atoms with Crippen molar-refractivity contribution >= 4 is 17.3 Å². The van der Waals surface area contributed by atoms with Crippen molar-refractivity contribution < 1.29 is 5.11 Å². The van der Waals surface area contributed by atoms with Crippen LogP contribution >= 0.6 is 12.2 Å². The molecule has 2 N–H and O–H groups in total. The second kappa shape index (κ2) is 7.07. The van der Waals surface area contributed by atoms with Crippen LogP contribution < -0.4 is 5.32 Å². The third-order valence-corrected chi connectivity index (χ3v) is 3.41. The molecule has 1 aliphatic heterocycles. The SMILES string of the molecule is CC(C)CNC(=S)N1CCCC(CCO)C1. The van der Waals surface area contributed by atoms with Crippen LogP contribution in [0.5, 0.6) is 0 Å². The maximum absolute atomic E-state index is 8.95. The molecule has 0 bridgehead atoms. The van der Waals surface area contributed by atoms with Crippen LogP contribution in [0, 0.1) is 11.8 Å². The van der Waals surface area contributed by atoms with Crippen molar-refractivity contribution in [1.29, 1.82) is 0 Å². The lowest BCUT2D eigenvalue weighted by molar-refractivity contribution is 0.197. The summed E-state index contributed by atoms with van der Waals surface area (Å²) in [5.74, 6) is 1.23. The standard InChI is InChI=1S/C12H24N2OS/c1-10(2)8-13-12(16)14-6-3-4-11(9-14)5-7-15/h10-11,15H,3-9H2,1-2H3,(H,13,16). The molecule has 94 valence electrons. The van der Waals surface area contributed by atoms with E-state index in [0.717, 1.165) is 31.2 Å². The van der Waals surface area contributed by atoms with E-state index in [4.69, 9.17) is 17.3 Å². The Morgan fingerprint density at radius 2 is 2.31 bits per heavy atom. The Morgan fingerprint density at radius 3 is 2.94 bits per heavy atom. The monoisotopic (exact) mass is 244 g/mol. The second-order valence-corrected chi connectivity index (χ2v) is 5.43. The van der Waals surface area contributed by atoms with Gasteiger partial charge in [-0.25, -0.2) is 0 Å². The van der Waals surface area contributed by atoms with E-state index in [-0.39, 0.29) is 0 Å². The average molecular weight is 244 g/mol. The van der Waals surface area contributed by atoms with Gasteiger partial charge in [-0.15, -0.1) is 0 Å². The highest BCUT2D eigenvalue weighted by atomic mass is 32.1. The largest absolute Gasteiger partial charge is 0.396 e. The van der Waals surface area contributed by atoms with Gasteiger partial charge in [-0.3, -0.25) is 0 Å². The number of hydrogen-bond acceptors (Lipinski definition) is 2. The lowest BCUT2D eigenvalue weighted by Gasteiger charge is -2.34. The average Bonchev–Trinajstić information content (AvgIpc) is 2.26. The fraction of sp³-hybridized carbons (Fsp3) is 0.917. The summed E-state index contributed by atoms with van der Waals surface area (Å²) in [7, 11) is 0. The van der Waals surface area contributed by atoms with E-state index in [2.05, 4.69) is 24.1 Å². The molecule has 1 unspecified atom stereocenters. The Bertz CT molecular complexity index is 219. The number of nitrogens with one attached hydrogen (secondary N) is 1. The minimum absolute atomic E-state index is 0.296. The maximum Gasteiger partial charge on any atom is 0.168 e. The fourth-order valence-electron chi connectivity index (χ4n) is 2.07. The molecule has 1 fully saturated rings. The van der Waals surface area contributed by atoms with Gasteiger partial charge in [0.1, 0.15) is 0 Å². The van der Waals surface area contributed by atoms with Crippen molar-refractivity contribution in [2.24, 2.45) is 11.8 Å². The fourth-order valence-corrected chi connectivity index (χ4v) is 2.32. The summed E-state index contributed by atoms with van der Waals surface area (Å²) >= 11 is 5.38. The topological polar surface area (TPSA) is 35.5 Å². The van der Waals surface area contributed by atoms with Crippen molar-refractivity contribution in [1.82, 2.24) is 10.2 Å². The van der Waals surface area contributed by atoms with Gasteiger partial charge in [0.25, 0.3) is 0 Å². The number of rotatable bonds is 4. The van der Waals surface area contributed by atoms with Crippen LogP contribution in [0.2, 0.25) is 0 Å². The number of thiocarbonyl (C=S) groups is 1. The van der Waals surface area contributed by atoms with Crippen molar-refractivity contribution in [3.63, 3.8) is 0 Å². The Balaban J connectivity index is 2.32. The van der Waals surface area contributed by atoms with Gasteiger partial charge in [0.05, 0.1) is 0 Å². The Morgan fingerprint density at radius 1 is 1.56 bits per heavy atom. The number of nitrogens with zero attached hydrogens (tertiary/aromatic N) is 1. The molecule has 16 heavy (non-hydrogen) atoms. The predicted molar refractivity (Wildman–Crippen MR) is 71.4 cm³/mol. The lowest BCUT2D eigenvalue weighted by Crippen LogP contribution is -2.46. The van der Waals surface area contributed by atoms with E-state index in [1.54, 1.807) is 0 Å². The van der Waals surface area contributed by atoms with Gasteiger partial charge in [-0.2, -0.15) is 0 Å². The molecule has 1 atom stereocenters. The first-order chi connectivity index (χ1) is 7.63. The molecule has 1 aliphatic rings. The van der Waals surface area contributed by atoms with Gasteiger partial charge in [0, 0.05) is 26.2 Å². The molecule has 0 aliphatic carbocycles. The Hall–Kier alpha value is -0.350. The Labute approximate surface area is 104 Å². The zero-order valence-electron chi connectivity index (χ0n) is 10.4. The van der Waals surface area contributed by atoms with E-state index in [0.29, 0.717) is 18.4 Å². The number of aliphatic hydroxyl groups excluding tert-OH is 1. The molecule has 0 radical (unpaired) electrons. The number of hydrogen-bond donors (Lipinski definition) is 2. The van der Waals surface area contributed by atoms with Crippen molar-refractivity contribution in [2.45, 2.75) is 33.1 Å². The predicted octanol–water partition coefficient (Wildman–Crippen LogP) is 1.61. The zero-order chi connectivity index (χ0) is 12.0. The smallest absolute Gasteiger partial charge is 0.168 e. The van der Waals surface area contributed by atoms with Crippen LogP contribution in [-0.2, 0) is 0 Å². The molecule has 3 nitrogen and oxygen atoms in total. The molecule has 4 heteroatoms. The molecular weight excluding hydrogens is 220 g/mol. The van der Waals surface area contributed by atoms with E-state index >= 15 is 0 Å². The molecule has 0 saturated carbocycles. The normalized spacial score (nSPS) is 21.2. The van der Waals surface area contributed by atoms with Crippen LogP contribution in [0.4, 0.5) is 0 Å². The van der Waals surface area contributed by atoms with Crippen LogP contribution in [0.15, 0.2) is 0 Å². The third-order valence-electron chi connectivity index (χ3n) is 3.01. The van der Waals surface area contributed by atoms with Crippen LogP contribution in [0.3, 0.4) is 0 Å². The minimum atomic E-state index is 0.296. The molecule has 0 spiro atoms. The van der Waals surface area contributed by atoms with Gasteiger partial charge < -0.3 is 15.3 Å². The molecule has 0 aromatic carbocycles. The van der Waals surface area contributed by atoms with Gasteiger partial charge >= 0.3 is 0 Å². The van der Waals surface area contributed by atoms with E-state index in [1.807, 2.05) is 0 Å². The second-order valence-electron chi connectivity index (χ2n) is 5.05. The highest BCUT2D eigenvalue weighted by molar-refractivity contribution is 7.80. The quantitative estimate of drug-likeness (QED) is 0.737. The first kappa shape index (κ1) is 13.7. The molecule has 1 saturated heterocycles. The molecule has 1 heterocycles. The summed E-state index contributed by atoms with van der Waals surface area (Å²) in [5.41, 5.74) is 0. The number of likely N-dealkylation sites (tertiary alicyclic amines) is 1. The van der Waals surface area contributed by atoms with Gasteiger partial charge in [-0.1, -0.05) is 13.8 Å². The Kier molecular flexibility index (Phi) is 6.06. The zero-order valence-corrected chi connectivity index (χ0v) is 11.2. The molecule has 0 aromatic rings. The van der Waals surface area contributed by atoms with Crippen molar-refractivity contribution in [3.8, 4) is 0 Å². The summed E-state index contributed by atoms with van der Waals surface area (Å²) in [6.07, 6.45) is 3.32. The van der Waals surface area contributed by atoms with Gasteiger partial charge in [0.15, 0.2) is 5.11 Å². The van der Waals surface area contributed by atoms with Crippen LogP contribution in [-0.4, -0.2) is 41.4 Å². The third kappa shape index (κ3) is 4.66. The van der Waals surface area contributed by atoms with Gasteiger partial charge in [0.2, 0.25) is 0 Å². The molecule has 0 aromatic heterocycles. The minimum Gasteiger partial charge on any atom is -0.396 e. The molecule has 0 amide bonds. The summed E-state index contributed by atoms with van der Waals surface area (Å²) in [4.78, 5) is 2.25. The first-order valence-corrected chi connectivity index (χ1v) is 6.68. The van der Waals surface area contributed by atoms with E-state index in [9.17, 15) is 0 Å². The van der Waals surface area contributed by atoms with Crippen LogP contribution in [0.1, 0.15) is 33.1 Å². The number of aliphatic hydroxyl groups is 1.